The molecule has 0 fully saturated rings. The Bertz CT molecular complexity index is 1480. The SMILES string of the molecule is Nc1cccc(COC(=O)C2=C(COc3ccccc3Cl)NC(=O)NC2c2c[nH]c3ncccc23)c1. The molecular weight excluding hydrogens is 482 g/mol. The number of nitrogens with two attached hydrogens (primary N) is 1. The molecule has 2 aromatic heterocycles. The van der Waals surface area contributed by atoms with Gasteiger partial charge in [-0.15, -0.1) is 0 Å². The number of benzene rings is 2. The van der Waals surface area contributed by atoms with Gasteiger partial charge in [-0.3, -0.25) is 0 Å². The van der Waals surface area contributed by atoms with Gasteiger partial charge in [0, 0.05) is 29.0 Å². The minimum absolute atomic E-state index is 0.00211. The normalized spacial score (nSPS) is 15.4. The summed E-state index contributed by atoms with van der Waals surface area (Å²) in [6, 6.07) is 16.4. The second-order valence-electron chi connectivity index (χ2n) is 8.11. The lowest BCUT2D eigenvalue weighted by Crippen LogP contribution is -2.47. The maximum absolute atomic E-state index is 13.5. The summed E-state index contributed by atoms with van der Waals surface area (Å²) in [6.07, 6.45) is 3.37. The Morgan fingerprint density at radius 3 is 2.78 bits per heavy atom. The number of hydrogen-bond acceptors (Lipinski definition) is 6. The molecule has 9 nitrogen and oxygen atoms in total. The largest absolute Gasteiger partial charge is 0.486 e. The Hall–Kier alpha value is -4.50. The van der Waals surface area contributed by atoms with Crippen LogP contribution in [0.1, 0.15) is 17.2 Å². The first-order valence-corrected chi connectivity index (χ1v) is 11.5. The highest BCUT2D eigenvalue weighted by atomic mass is 35.5. The number of para-hydroxylation sites is 1. The third-order valence-corrected chi connectivity index (χ3v) is 6.01. The van der Waals surface area contributed by atoms with Crippen molar-refractivity contribution < 1.29 is 19.1 Å². The molecule has 0 saturated heterocycles. The number of amides is 2. The van der Waals surface area contributed by atoms with E-state index in [1.807, 2.05) is 12.1 Å². The Morgan fingerprint density at radius 2 is 1.94 bits per heavy atom. The monoisotopic (exact) mass is 503 g/mol. The van der Waals surface area contributed by atoms with E-state index in [1.54, 1.807) is 60.9 Å². The zero-order valence-electron chi connectivity index (χ0n) is 19.0. The number of aromatic amines is 1. The second kappa shape index (κ2) is 10.0. The lowest BCUT2D eigenvalue weighted by atomic mass is 9.95. The molecule has 1 atom stereocenters. The van der Waals surface area contributed by atoms with Crippen LogP contribution in [0.15, 0.2) is 84.3 Å². The third-order valence-electron chi connectivity index (χ3n) is 5.70. The number of ether oxygens (including phenoxy) is 2. The first-order valence-electron chi connectivity index (χ1n) is 11.1. The van der Waals surface area contributed by atoms with E-state index >= 15 is 0 Å². The summed E-state index contributed by atoms with van der Waals surface area (Å²) in [5, 5.41) is 6.70. The molecule has 5 N–H and O–H groups in total. The Morgan fingerprint density at radius 1 is 1.08 bits per heavy atom. The number of fused-ring (bicyclic) bond motifs is 1. The summed E-state index contributed by atoms with van der Waals surface area (Å²) in [5.74, 6) is -0.203. The molecule has 0 aliphatic carbocycles. The molecule has 2 aromatic carbocycles. The predicted molar refractivity (Wildman–Crippen MR) is 135 cm³/mol. The number of H-pyrrole nitrogens is 1. The lowest BCUT2D eigenvalue weighted by molar-refractivity contribution is -0.140. The number of nitrogens with one attached hydrogen (secondary N) is 3. The number of carbonyl (C=O) groups excluding carboxylic acids is 2. The summed E-state index contributed by atoms with van der Waals surface area (Å²) >= 11 is 6.22. The highest BCUT2D eigenvalue weighted by Gasteiger charge is 2.35. The maximum Gasteiger partial charge on any atom is 0.338 e. The van der Waals surface area contributed by atoms with Gasteiger partial charge in [-0.25, -0.2) is 14.6 Å². The molecule has 2 amide bonds. The summed E-state index contributed by atoms with van der Waals surface area (Å²) < 4.78 is 11.5. The van der Waals surface area contributed by atoms with Crippen LogP contribution in [-0.2, 0) is 16.1 Å². The minimum atomic E-state index is -0.810. The predicted octanol–water partition coefficient (Wildman–Crippen LogP) is 4.23. The van der Waals surface area contributed by atoms with Crippen molar-refractivity contribution in [2.45, 2.75) is 12.6 Å². The number of urea groups is 1. The number of hydrogen-bond donors (Lipinski definition) is 4. The lowest BCUT2D eigenvalue weighted by Gasteiger charge is -2.29. The molecule has 182 valence electrons. The highest BCUT2D eigenvalue weighted by molar-refractivity contribution is 6.32. The maximum atomic E-state index is 13.5. The van der Waals surface area contributed by atoms with Gasteiger partial charge in [0.25, 0.3) is 0 Å². The van der Waals surface area contributed by atoms with E-state index in [9.17, 15) is 9.59 Å². The molecule has 36 heavy (non-hydrogen) atoms. The number of carbonyl (C=O) groups is 2. The fourth-order valence-electron chi connectivity index (χ4n) is 4.04. The molecule has 1 aliphatic rings. The van der Waals surface area contributed by atoms with Crippen molar-refractivity contribution in [2.24, 2.45) is 0 Å². The van der Waals surface area contributed by atoms with Gasteiger partial charge in [-0.2, -0.15) is 0 Å². The number of halogens is 1. The van der Waals surface area contributed by atoms with Crippen LogP contribution in [0.5, 0.6) is 5.75 Å². The zero-order valence-corrected chi connectivity index (χ0v) is 19.7. The quantitative estimate of drug-likeness (QED) is 0.220. The van der Waals surface area contributed by atoms with Crippen molar-refractivity contribution >= 4 is 40.3 Å². The summed E-state index contributed by atoms with van der Waals surface area (Å²) in [6.45, 7) is -0.112. The average Bonchev–Trinajstić information content (AvgIpc) is 3.31. The van der Waals surface area contributed by atoms with Crippen LogP contribution in [0.25, 0.3) is 11.0 Å². The molecule has 0 bridgehead atoms. The van der Waals surface area contributed by atoms with E-state index in [4.69, 9.17) is 26.8 Å². The van der Waals surface area contributed by atoms with Gasteiger partial charge in [0.15, 0.2) is 0 Å². The summed E-state index contributed by atoms with van der Waals surface area (Å²) in [7, 11) is 0. The van der Waals surface area contributed by atoms with E-state index in [0.717, 1.165) is 10.9 Å². The van der Waals surface area contributed by atoms with Crippen LogP contribution in [0.2, 0.25) is 5.02 Å². The van der Waals surface area contributed by atoms with Crippen molar-refractivity contribution in [2.75, 3.05) is 12.3 Å². The standard InChI is InChI=1S/C26H22ClN5O4/c27-19-8-1-2-9-21(19)35-14-20-22(25(33)36-13-15-5-3-6-16(28)11-15)23(32-26(34)31-20)18-12-30-24-17(18)7-4-10-29-24/h1-12,23H,13-14,28H2,(H,29,30)(H2,31,32,34). The number of nitrogen functional groups attached to an aromatic ring is 1. The molecule has 0 saturated carbocycles. The third kappa shape index (κ3) is 4.82. The fourth-order valence-corrected chi connectivity index (χ4v) is 4.23. The molecule has 1 unspecified atom stereocenters. The molecule has 5 rings (SSSR count). The first-order chi connectivity index (χ1) is 17.5. The Balaban J connectivity index is 1.51. The second-order valence-corrected chi connectivity index (χ2v) is 8.51. The van der Waals surface area contributed by atoms with Gasteiger partial charge in [-0.05, 0) is 42.0 Å². The smallest absolute Gasteiger partial charge is 0.338 e. The summed E-state index contributed by atoms with van der Waals surface area (Å²) in [4.78, 5) is 33.5. The van der Waals surface area contributed by atoms with E-state index in [1.165, 1.54) is 0 Å². The first kappa shape index (κ1) is 23.3. The van der Waals surface area contributed by atoms with Crippen LogP contribution >= 0.6 is 11.6 Å². The molecule has 3 heterocycles. The van der Waals surface area contributed by atoms with Crippen molar-refractivity contribution in [1.29, 1.82) is 0 Å². The zero-order chi connectivity index (χ0) is 25.1. The van der Waals surface area contributed by atoms with E-state index in [0.29, 0.717) is 27.7 Å². The van der Waals surface area contributed by atoms with Crippen molar-refractivity contribution in [3.05, 3.63) is 100 Å². The fraction of sp³-hybridized carbons (Fsp3) is 0.115. The van der Waals surface area contributed by atoms with Gasteiger partial charge in [-0.1, -0.05) is 35.9 Å². The van der Waals surface area contributed by atoms with Crippen LogP contribution in [-0.4, -0.2) is 28.6 Å². The van der Waals surface area contributed by atoms with Crippen molar-refractivity contribution in [3.8, 4) is 5.75 Å². The molecule has 10 heteroatoms. The van der Waals surface area contributed by atoms with Gasteiger partial charge in [0.2, 0.25) is 0 Å². The number of nitrogens with zero attached hydrogens (tertiary/aromatic N) is 1. The van der Waals surface area contributed by atoms with Crippen molar-refractivity contribution in [3.63, 3.8) is 0 Å². The van der Waals surface area contributed by atoms with Gasteiger partial charge in [0.1, 0.15) is 24.6 Å². The van der Waals surface area contributed by atoms with Crippen LogP contribution in [0, 0.1) is 0 Å². The number of esters is 1. The molecule has 4 aromatic rings. The Labute approximate surface area is 211 Å². The van der Waals surface area contributed by atoms with E-state index in [2.05, 4.69) is 20.6 Å². The van der Waals surface area contributed by atoms with E-state index < -0.39 is 18.0 Å². The summed E-state index contributed by atoms with van der Waals surface area (Å²) in [5.41, 5.74) is 8.90. The average molecular weight is 504 g/mol. The van der Waals surface area contributed by atoms with Crippen molar-refractivity contribution in [1.82, 2.24) is 20.6 Å². The van der Waals surface area contributed by atoms with Crippen LogP contribution < -0.4 is 21.1 Å². The molecule has 0 radical (unpaired) electrons. The van der Waals surface area contributed by atoms with Gasteiger partial charge < -0.3 is 30.8 Å². The number of aromatic nitrogens is 2. The van der Waals surface area contributed by atoms with Crippen LogP contribution in [0.3, 0.4) is 0 Å². The van der Waals surface area contributed by atoms with Crippen LogP contribution in [0.4, 0.5) is 10.5 Å². The minimum Gasteiger partial charge on any atom is -0.486 e. The molecule has 0 spiro atoms. The van der Waals surface area contributed by atoms with Gasteiger partial charge >= 0.3 is 12.0 Å². The molecule has 1 aliphatic heterocycles. The number of pyridine rings is 1. The highest BCUT2D eigenvalue weighted by Crippen LogP contribution is 2.33. The van der Waals surface area contributed by atoms with E-state index in [-0.39, 0.29) is 24.5 Å². The van der Waals surface area contributed by atoms with Gasteiger partial charge in [0.05, 0.1) is 22.3 Å². The Kier molecular flexibility index (Phi) is 6.46. The number of anilines is 1. The topological polar surface area (TPSA) is 131 Å². The number of rotatable bonds is 7. The molecular formula is C26H22ClN5O4.